The molecule has 1 heterocycles. The zero-order valence-electron chi connectivity index (χ0n) is 26.5. The number of allylic oxidation sites excluding steroid dienone is 4. The molecule has 48 heavy (non-hydrogen) atoms. The van der Waals surface area contributed by atoms with E-state index in [9.17, 15) is 14.4 Å². The lowest BCUT2D eigenvalue weighted by atomic mass is 9.99. The van der Waals surface area contributed by atoms with Crippen LogP contribution in [-0.2, 0) is 14.4 Å². The third-order valence-electron chi connectivity index (χ3n) is 6.89. The maximum Gasteiger partial charge on any atom is 0.285 e. The number of hydrogen-bond acceptors (Lipinski definition) is 6. The van der Waals surface area contributed by atoms with Crippen LogP contribution >= 0.6 is 27.7 Å². The van der Waals surface area contributed by atoms with E-state index in [1.54, 1.807) is 43.4 Å². The molecule has 1 N–H and O–H groups in total. The van der Waals surface area contributed by atoms with E-state index in [1.165, 1.54) is 11.0 Å². The average molecular weight is 725 g/mol. The SMILES string of the molecule is C#CCOc1cc(Br)c(/C=C2\C(=O)N=C(SCC(=O)NC(c3ccccc3)c3ccccc3)N(C(/C=C\C=C)=C/C)C2=O)cc1OCC. The van der Waals surface area contributed by atoms with Crippen LogP contribution in [0, 0.1) is 12.3 Å². The van der Waals surface area contributed by atoms with Crippen LogP contribution in [0.25, 0.3) is 6.08 Å². The number of terminal acetylenes is 1. The van der Waals surface area contributed by atoms with Crippen LogP contribution in [0.15, 0.2) is 124 Å². The van der Waals surface area contributed by atoms with Crippen LogP contribution in [0.1, 0.15) is 36.6 Å². The van der Waals surface area contributed by atoms with Crippen molar-refractivity contribution >= 4 is 56.7 Å². The lowest BCUT2D eigenvalue weighted by molar-refractivity contribution is -0.126. The Bertz CT molecular complexity index is 1790. The third kappa shape index (κ3) is 9.03. The average Bonchev–Trinajstić information content (AvgIpc) is 3.10. The smallest absolute Gasteiger partial charge is 0.285 e. The molecule has 0 spiro atoms. The number of aliphatic imine (C=N–C) groups is 1. The lowest BCUT2D eigenvalue weighted by Crippen LogP contribution is -2.42. The Balaban J connectivity index is 1.66. The largest absolute Gasteiger partial charge is 0.490 e. The third-order valence-corrected chi connectivity index (χ3v) is 8.51. The summed E-state index contributed by atoms with van der Waals surface area (Å²) < 4.78 is 11.9. The molecule has 0 aliphatic carbocycles. The second-order valence-electron chi connectivity index (χ2n) is 10.1. The molecule has 8 nitrogen and oxygen atoms in total. The fraction of sp³-hybridized carbons (Fsp3) is 0.158. The number of rotatable bonds is 13. The number of amidine groups is 1. The maximum absolute atomic E-state index is 14.1. The Morgan fingerprint density at radius 1 is 1.08 bits per heavy atom. The zero-order valence-corrected chi connectivity index (χ0v) is 28.9. The molecule has 1 aliphatic heterocycles. The molecular formula is C38H34BrN3O5S. The summed E-state index contributed by atoms with van der Waals surface area (Å²) >= 11 is 4.50. The van der Waals surface area contributed by atoms with Gasteiger partial charge in [-0.15, -0.1) is 6.42 Å². The monoisotopic (exact) mass is 723 g/mol. The molecule has 0 saturated carbocycles. The van der Waals surface area contributed by atoms with Crippen molar-refractivity contribution in [2.24, 2.45) is 4.99 Å². The second kappa shape index (κ2) is 17.7. The van der Waals surface area contributed by atoms with Crippen molar-refractivity contribution in [3.63, 3.8) is 0 Å². The number of carbonyl (C=O) groups excluding carboxylic acids is 3. The molecule has 4 rings (SSSR count). The van der Waals surface area contributed by atoms with E-state index < -0.39 is 17.9 Å². The van der Waals surface area contributed by atoms with Gasteiger partial charge in [0.1, 0.15) is 12.2 Å². The number of nitrogens with zero attached hydrogens (tertiary/aromatic N) is 2. The number of nitrogens with one attached hydrogen (secondary N) is 1. The summed E-state index contributed by atoms with van der Waals surface area (Å²) in [5.74, 6) is 1.47. The van der Waals surface area contributed by atoms with E-state index in [0.717, 1.165) is 22.9 Å². The van der Waals surface area contributed by atoms with Crippen molar-refractivity contribution in [1.29, 1.82) is 0 Å². The number of thioether (sulfide) groups is 1. The number of carbonyl (C=O) groups is 3. The van der Waals surface area contributed by atoms with Gasteiger partial charge >= 0.3 is 0 Å². The van der Waals surface area contributed by atoms with Gasteiger partial charge in [-0.3, -0.25) is 19.3 Å². The van der Waals surface area contributed by atoms with Crippen molar-refractivity contribution in [3.8, 4) is 23.8 Å². The van der Waals surface area contributed by atoms with Crippen molar-refractivity contribution in [1.82, 2.24) is 10.2 Å². The van der Waals surface area contributed by atoms with Gasteiger partial charge in [0.05, 0.1) is 18.4 Å². The van der Waals surface area contributed by atoms with E-state index >= 15 is 0 Å². The Labute approximate surface area is 293 Å². The molecule has 0 unspecified atom stereocenters. The van der Waals surface area contributed by atoms with Gasteiger partial charge in [-0.1, -0.05) is 119 Å². The fourth-order valence-corrected chi connectivity index (χ4v) is 5.96. The first kappa shape index (κ1) is 35.7. The minimum Gasteiger partial charge on any atom is -0.490 e. The Hall–Kier alpha value is -5.11. The van der Waals surface area contributed by atoms with E-state index in [1.807, 2.05) is 67.6 Å². The highest BCUT2D eigenvalue weighted by Gasteiger charge is 2.35. The first-order valence-electron chi connectivity index (χ1n) is 15.0. The van der Waals surface area contributed by atoms with Crippen LogP contribution in [0.3, 0.4) is 0 Å². The van der Waals surface area contributed by atoms with E-state index in [0.29, 0.717) is 33.8 Å². The topological polar surface area (TPSA) is 97.3 Å². The summed E-state index contributed by atoms with van der Waals surface area (Å²) in [6, 6.07) is 22.2. The molecule has 3 amide bonds. The molecule has 1 aliphatic rings. The molecule has 0 radical (unpaired) electrons. The number of hydrogen-bond donors (Lipinski definition) is 1. The molecule has 0 aromatic heterocycles. The summed E-state index contributed by atoms with van der Waals surface area (Å²) in [5.41, 5.74) is 2.59. The van der Waals surface area contributed by atoms with Crippen LogP contribution in [0.2, 0.25) is 0 Å². The highest BCUT2D eigenvalue weighted by molar-refractivity contribution is 9.10. The number of halogens is 1. The van der Waals surface area contributed by atoms with E-state index in [4.69, 9.17) is 15.9 Å². The molecule has 10 heteroatoms. The first-order chi connectivity index (χ1) is 23.3. The highest BCUT2D eigenvalue weighted by Crippen LogP contribution is 2.36. The van der Waals surface area contributed by atoms with Gasteiger partial charge in [0, 0.05) is 10.2 Å². The van der Waals surface area contributed by atoms with E-state index in [2.05, 4.69) is 38.7 Å². The van der Waals surface area contributed by atoms with Crippen molar-refractivity contribution in [2.45, 2.75) is 19.9 Å². The molecule has 3 aromatic rings. The zero-order chi connectivity index (χ0) is 34.5. The van der Waals surface area contributed by atoms with Crippen LogP contribution in [0.4, 0.5) is 0 Å². The second-order valence-corrected chi connectivity index (χ2v) is 11.9. The van der Waals surface area contributed by atoms with Crippen molar-refractivity contribution in [2.75, 3.05) is 19.0 Å². The normalized spacial score (nSPS) is 14.2. The standard InChI is InChI=1S/C38H34BrN3O5S/c1-5-9-20-29(7-3)42-37(45)30(22-28-23-32(46-8-4)33(24-31(28)39)47-21-6-2)36(44)41-38(42)48-25-34(43)40-35(26-16-12-10-13-17-26)27-18-14-11-15-19-27/h2,5,7,9-20,22-24,35H,1,8,21,25H2,3-4H3,(H,40,43)/b20-9-,29-7+,30-22+. The quantitative estimate of drug-likeness (QED) is 0.0864. The Morgan fingerprint density at radius 3 is 2.31 bits per heavy atom. The van der Waals surface area contributed by atoms with Gasteiger partial charge in [0.15, 0.2) is 16.7 Å². The van der Waals surface area contributed by atoms with Crippen LogP contribution in [-0.4, -0.2) is 46.8 Å². The van der Waals surface area contributed by atoms with Gasteiger partial charge in [0.25, 0.3) is 11.8 Å². The number of amides is 3. The molecule has 0 atom stereocenters. The van der Waals surface area contributed by atoms with Gasteiger partial charge < -0.3 is 14.8 Å². The predicted octanol–water partition coefficient (Wildman–Crippen LogP) is 7.25. The number of ether oxygens (including phenoxy) is 2. The van der Waals surface area contributed by atoms with Gasteiger partial charge in [-0.25, -0.2) is 0 Å². The van der Waals surface area contributed by atoms with Crippen LogP contribution in [0.5, 0.6) is 11.5 Å². The lowest BCUT2D eigenvalue weighted by Gasteiger charge is -2.28. The van der Waals surface area contributed by atoms with Gasteiger partial charge in [-0.2, -0.15) is 4.99 Å². The van der Waals surface area contributed by atoms with Gasteiger partial charge in [0.2, 0.25) is 5.91 Å². The van der Waals surface area contributed by atoms with E-state index in [-0.39, 0.29) is 29.0 Å². The Morgan fingerprint density at radius 2 is 1.73 bits per heavy atom. The summed E-state index contributed by atoms with van der Waals surface area (Å²) in [6.07, 6.45) is 13.4. The summed E-state index contributed by atoms with van der Waals surface area (Å²) in [5, 5.41) is 3.16. The minimum absolute atomic E-state index is 0.0373. The molecule has 0 saturated heterocycles. The molecule has 0 fully saturated rings. The fourth-order valence-electron chi connectivity index (χ4n) is 4.71. The summed E-state index contributed by atoms with van der Waals surface area (Å²) in [4.78, 5) is 46.5. The van der Waals surface area contributed by atoms with Gasteiger partial charge in [-0.05, 0) is 54.8 Å². The summed E-state index contributed by atoms with van der Waals surface area (Å²) in [6.45, 7) is 7.69. The van der Waals surface area contributed by atoms with Crippen molar-refractivity contribution < 1.29 is 23.9 Å². The molecular weight excluding hydrogens is 690 g/mol. The number of benzene rings is 3. The summed E-state index contributed by atoms with van der Waals surface area (Å²) in [7, 11) is 0. The molecule has 244 valence electrons. The Kier molecular flexibility index (Phi) is 13.2. The minimum atomic E-state index is -0.744. The molecule has 0 bridgehead atoms. The predicted molar refractivity (Wildman–Crippen MR) is 195 cm³/mol. The van der Waals surface area contributed by atoms with Crippen molar-refractivity contribution in [3.05, 3.63) is 136 Å². The first-order valence-corrected chi connectivity index (χ1v) is 16.8. The molecule has 3 aromatic carbocycles. The highest BCUT2D eigenvalue weighted by atomic mass is 79.9. The van der Waals surface area contributed by atoms with Crippen LogP contribution < -0.4 is 14.8 Å². The maximum atomic E-state index is 14.1.